The standard InChI is InChI=1S/C9H7BrN4O3S2/c10-7-1-2-8(18-7)19(16,17)14-13-9(15)6-5-11-3-4-12-6/h1-5,14H,(H,13,15). The predicted molar refractivity (Wildman–Crippen MR) is 71.8 cm³/mol. The Bertz CT molecular complexity index is 687. The molecular weight excluding hydrogens is 356 g/mol. The van der Waals surface area contributed by atoms with Crippen LogP contribution in [0.25, 0.3) is 0 Å². The average molecular weight is 363 g/mol. The highest BCUT2D eigenvalue weighted by molar-refractivity contribution is 9.11. The number of carbonyl (C=O) groups excluding carboxylic acids is 1. The summed E-state index contributed by atoms with van der Waals surface area (Å²) < 4.78 is 24.4. The number of hydrogen-bond donors (Lipinski definition) is 2. The zero-order chi connectivity index (χ0) is 13.9. The van der Waals surface area contributed by atoms with Crippen LogP contribution in [0.15, 0.2) is 38.7 Å². The van der Waals surface area contributed by atoms with Gasteiger partial charge >= 0.3 is 0 Å². The molecule has 2 aromatic rings. The maximum absolute atomic E-state index is 11.8. The van der Waals surface area contributed by atoms with Crippen LogP contribution in [0, 0.1) is 0 Å². The molecule has 0 saturated heterocycles. The quantitative estimate of drug-likeness (QED) is 0.787. The Balaban J connectivity index is 2.05. The van der Waals surface area contributed by atoms with Gasteiger partial charge in [-0.05, 0) is 28.1 Å². The minimum absolute atomic E-state index is 0.0116. The molecule has 2 N–H and O–H groups in total. The van der Waals surface area contributed by atoms with Crippen LogP contribution >= 0.6 is 27.3 Å². The van der Waals surface area contributed by atoms with Gasteiger partial charge in [-0.3, -0.25) is 15.2 Å². The fraction of sp³-hybridized carbons (Fsp3) is 0. The Morgan fingerprint density at radius 3 is 2.68 bits per heavy atom. The Labute approximate surface area is 121 Å². The number of thiophene rings is 1. The highest BCUT2D eigenvalue weighted by Gasteiger charge is 2.18. The third-order valence-corrected chi connectivity index (χ3v) is 5.27. The lowest BCUT2D eigenvalue weighted by molar-refractivity contribution is 0.0939. The first-order chi connectivity index (χ1) is 8.99. The van der Waals surface area contributed by atoms with E-state index in [4.69, 9.17) is 0 Å². The molecule has 2 heterocycles. The lowest BCUT2D eigenvalue weighted by Gasteiger charge is -2.05. The number of aromatic nitrogens is 2. The van der Waals surface area contributed by atoms with Gasteiger partial charge in [0.05, 0.1) is 9.98 Å². The minimum atomic E-state index is -3.78. The second-order valence-corrected chi connectivity index (χ2v) is 7.58. The number of hydrazine groups is 1. The first-order valence-electron chi connectivity index (χ1n) is 4.82. The summed E-state index contributed by atoms with van der Waals surface area (Å²) in [6, 6.07) is 3.02. The van der Waals surface area contributed by atoms with Crippen LogP contribution in [0.4, 0.5) is 0 Å². The van der Waals surface area contributed by atoms with E-state index < -0.39 is 15.9 Å². The summed E-state index contributed by atoms with van der Waals surface area (Å²) in [5.74, 6) is -0.688. The number of sulfonamides is 1. The van der Waals surface area contributed by atoms with Gasteiger partial charge in [0.2, 0.25) is 0 Å². The van der Waals surface area contributed by atoms with Crippen LogP contribution in [0.5, 0.6) is 0 Å². The Hall–Kier alpha value is -1.36. The molecule has 7 nitrogen and oxygen atoms in total. The van der Waals surface area contributed by atoms with Crippen LogP contribution in [-0.2, 0) is 10.0 Å². The third kappa shape index (κ3) is 3.56. The number of rotatable bonds is 4. The fourth-order valence-corrected chi connectivity index (χ4v) is 3.94. The second-order valence-electron chi connectivity index (χ2n) is 3.21. The molecule has 10 heteroatoms. The third-order valence-electron chi connectivity index (χ3n) is 1.91. The van der Waals surface area contributed by atoms with Crippen molar-refractivity contribution in [2.75, 3.05) is 0 Å². The second kappa shape index (κ2) is 5.74. The van der Waals surface area contributed by atoms with E-state index in [-0.39, 0.29) is 9.90 Å². The number of hydrogen-bond acceptors (Lipinski definition) is 6. The van der Waals surface area contributed by atoms with Crippen LogP contribution in [-0.4, -0.2) is 24.3 Å². The highest BCUT2D eigenvalue weighted by Crippen LogP contribution is 2.25. The largest absolute Gasteiger partial charge is 0.286 e. The topological polar surface area (TPSA) is 101 Å². The fourth-order valence-electron chi connectivity index (χ4n) is 1.09. The molecule has 0 aliphatic heterocycles. The molecule has 0 radical (unpaired) electrons. The lowest BCUT2D eigenvalue weighted by atomic mass is 10.4. The van der Waals surface area contributed by atoms with Crippen LogP contribution in [0.3, 0.4) is 0 Å². The summed E-state index contributed by atoms with van der Waals surface area (Å²) in [7, 11) is -3.78. The summed E-state index contributed by atoms with van der Waals surface area (Å²) in [6.45, 7) is 0. The first-order valence-corrected chi connectivity index (χ1v) is 7.92. The molecule has 100 valence electrons. The number of amides is 1. The van der Waals surface area contributed by atoms with Gasteiger partial charge < -0.3 is 0 Å². The molecule has 0 aliphatic carbocycles. The predicted octanol–water partition coefficient (Wildman–Crippen LogP) is 0.924. The number of halogens is 1. The molecule has 2 aromatic heterocycles. The van der Waals surface area contributed by atoms with Crippen molar-refractivity contribution in [3.8, 4) is 0 Å². The van der Waals surface area contributed by atoms with Gasteiger partial charge in [-0.2, -0.15) is 0 Å². The van der Waals surface area contributed by atoms with Crippen molar-refractivity contribution in [2.45, 2.75) is 4.21 Å². The SMILES string of the molecule is O=C(NNS(=O)(=O)c1ccc(Br)s1)c1cnccn1. The van der Waals surface area contributed by atoms with Crippen LogP contribution < -0.4 is 10.3 Å². The van der Waals surface area contributed by atoms with Gasteiger partial charge in [0, 0.05) is 12.4 Å². The van der Waals surface area contributed by atoms with E-state index in [1.807, 2.05) is 4.83 Å². The molecule has 0 bridgehead atoms. The highest BCUT2D eigenvalue weighted by atomic mass is 79.9. The Morgan fingerprint density at radius 2 is 2.11 bits per heavy atom. The van der Waals surface area contributed by atoms with Crippen molar-refractivity contribution in [2.24, 2.45) is 0 Å². The minimum Gasteiger partial charge on any atom is -0.272 e. The van der Waals surface area contributed by atoms with E-state index in [0.29, 0.717) is 3.79 Å². The number of nitrogens with zero attached hydrogens (tertiary/aromatic N) is 2. The summed E-state index contributed by atoms with van der Waals surface area (Å²) in [6.07, 6.45) is 3.97. The molecule has 0 saturated carbocycles. The molecule has 0 aliphatic rings. The van der Waals surface area contributed by atoms with Gasteiger partial charge in [-0.25, -0.2) is 13.4 Å². The number of nitrogens with one attached hydrogen (secondary N) is 2. The summed E-state index contributed by atoms with van der Waals surface area (Å²) in [5.41, 5.74) is 2.07. The monoisotopic (exact) mass is 362 g/mol. The lowest BCUT2D eigenvalue weighted by Crippen LogP contribution is -2.41. The van der Waals surface area contributed by atoms with Crippen molar-refractivity contribution < 1.29 is 13.2 Å². The van der Waals surface area contributed by atoms with E-state index in [1.165, 1.54) is 24.7 Å². The molecule has 0 unspecified atom stereocenters. The van der Waals surface area contributed by atoms with Gasteiger partial charge in [0.1, 0.15) is 9.90 Å². The van der Waals surface area contributed by atoms with Crippen molar-refractivity contribution in [1.82, 2.24) is 20.2 Å². The Morgan fingerprint density at radius 1 is 1.32 bits per heavy atom. The average Bonchev–Trinajstić information content (AvgIpc) is 2.85. The maximum atomic E-state index is 11.8. The normalized spacial score (nSPS) is 11.2. The number of carbonyl (C=O) groups is 1. The van der Waals surface area contributed by atoms with E-state index >= 15 is 0 Å². The van der Waals surface area contributed by atoms with Crippen molar-refractivity contribution in [1.29, 1.82) is 0 Å². The molecule has 2 rings (SSSR count). The molecule has 0 spiro atoms. The summed E-state index contributed by atoms with van der Waals surface area (Å²) in [4.78, 5) is 21.0. The van der Waals surface area contributed by atoms with Crippen molar-refractivity contribution in [3.05, 3.63) is 40.2 Å². The molecule has 0 aromatic carbocycles. The van der Waals surface area contributed by atoms with E-state index in [1.54, 1.807) is 6.07 Å². The molecular formula is C9H7BrN4O3S2. The molecule has 1 amide bonds. The van der Waals surface area contributed by atoms with Gasteiger partial charge in [0.15, 0.2) is 0 Å². The maximum Gasteiger partial charge on any atom is 0.286 e. The molecule has 0 fully saturated rings. The van der Waals surface area contributed by atoms with Crippen molar-refractivity contribution >= 4 is 43.2 Å². The van der Waals surface area contributed by atoms with E-state index in [0.717, 1.165) is 11.3 Å². The van der Waals surface area contributed by atoms with E-state index in [2.05, 4.69) is 31.3 Å². The van der Waals surface area contributed by atoms with Gasteiger partial charge in [-0.1, -0.05) is 0 Å². The first kappa shape index (κ1) is 14.1. The summed E-state index contributed by atoms with van der Waals surface area (Å²) in [5, 5.41) is 0. The smallest absolute Gasteiger partial charge is 0.272 e. The molecule has 0 atom stereocenters. The van der Waals surface area contributed by atoms with E-state index in [9.17, 15) is 13.2 Å². The zero-order valence-electron chi connectivity index (χ0n) is 9.20. The van der Waals surface area contributed by atoms with Gasteiger partial charge in [-0.15, -0.1) is 16.2 Å². The Kier molecular flexibility index (Phi) is 4.24. The van der Waals surface area contributed by atoms with Gasteiger partial charge in [0.25, 0.3) is 15.9 Å². The van der Waals surface area contributed by atoms with Crippen LogP contribution in [0.2, 0.25) is 0 Å². The van der Waals surface area contributed by atoms with Crippen molar-refractivity contribution in [3.63, 3.8) is 0 Å². The molecule has 19 heavy (non-hydrogen) atoms. The zero-order valence-corrected chi connectivity index (χ0v) is 12.4. The van der Waals surface area contributed by atoms with Crippen LogP contribution in [0.1, 0.15) is 10.5 Å². The summed E-state index contributed by atoms with van der Waals surface area (Å²) >= 11 is 4.19.